The van der Waals surface area contributed by atoms with E-state index in [0.717, 1.165) is 11.1 Å². The smallest absolute Gasteiger partial charge is 0.326 e. The van der Waals surface area contributed by atoms with E-state index in [1.165, 1.54) is 4.90 Å². The number of anilines is 1. The summed E-state index contributed by atoms with van der Waals surface area (Å²) in [5, 5.41) is 9.41. The zero-order valence-electron chi connectivity index (χ0n) is 16.9. The van der Waals surface area contributed by atoms with Crippen molar-refractivity contribution in [1.29, 1.82) is 0 Å². The highest BCUT2D eigenvalue weighted by Crippen LogP contribution is 2.17. The monoisotopic (exact) mass is 440 g/mol. The molecule has 0 saturated heterocycles. The van der Waals surface area contributed by atoms with Gasteiger partial charge in [0, 0.05) is 5.69 Å². The van der Waals surface area contributed by atoms with Gasteiger partial charge in [-0.05, 0) is 41.8 Å². The summed E-state index contributed by atoms with van der Waals surface area (Å²) in [6, 6.07) is 23.9. The third kappa shape index (κ3) is 7.13. The van der Waals surface area contributed by atoms with Gasteiger partial charge in [-0.1, -0.05) is 60.7 Å². The maximum Gasteiger partial charge on any atom is 0.326 e. The number of carbonyl (C=O) groups is 2. The SMILES string of the molecule is Cl.N[C@H](Cc1ccc(O)cc1)C(=O)N(CC(=O)OCc1ccccc1)c1ccccc1. The summed E-state index contributed by atoms with van der Waals surface area (Å²) in [4.78, 5) is 26.9. The summed E-state index contributed by atoms with van der Waals surface area (Å²) in [5.74, 6) is -0.760. The number of halogens is 1. The van der Waals surface area contributed by atoms with Crippen LogP contribution in [0.1, 0.15) is 11.1 Å². The number of benzene rings is 3. The fourth-order valence-electron chi connectivity index (χ4n) is 2.99. The van der Waals surface area contributed by atoms with Crippen LogP contribution in [0.15, 0.2) is 84.9 Å². The zero-order valence-corrected chi connectivity index (χ0v) is 17.7. The number of rotatable bonds is 8. The Morgan fingerprint density at radius 3 is 2.06 bits per heavy atom. The Morgan fingerprint density at radius 2 is 1.45 bits per heavy atom. The number of para-hydroxylation sites is 1. The van der Waals surface area contributed by atoms with Gasteiger partial charge < -0.3 is 15.6 Å². The summed E-state index contributed by atoms with van der Waals surface area (Å²) >= 11 is 0. The fraction of sp³-hybridized carbons (Fsp3) is 0.167. The number of hydrogen-bond acceptors (Lipinski definition) is 5. The Hall–Kier alpha value is -3.35. The van der Waals surface area contributed by atoms with E-state index in [9.17, 15) is 14.7 Å². The van der Waals surface area contributed by atoms with Crippen LogP contribution in [-0.4, -0.2) is 29.6 Å². The summed E-state index contributed by atoms with van der Waals surface area (Å²) in [6.07, 6.45) is 0.279. The summed E-state index contributed by atoms with van der Waals surface area (Å²) in [6.45, 7) is -0.102. The number of phenols is 1. The van der Waals surface area contributed by atoms with E-state index < -0.39 is 12.0 Å². The predicted octanol–water partition coefficient (Wildman–Crippen LogP) is 3.46. The van der Waals surface area contributed by atoms with Crippen molar-refractivity contribution >= 4 is 30.0 Å². The largest absolute Gasteiger partial charge is 0.508 e. The van der Waals surface area contributed by atoms with Gasteiger partial charge in [-0.25, -0.2) is 0 Å². The van der Waals surface area contributed by atoms with Gasteiger partial charge in [-0.3, -0.25) is 14.5 Å². The molecule has 0 spiro atoms. The lowest BCUT2D eigenvalue weighted by Crippen LogP contribution is -2.47. The number of ether oxygens (including phenoxy) is 1. The maximum absolute atomic E-state index is 13.1. The minimum atomic E-state index is -0.850. The predicted molar refractivity (Wildman–Crippen MR) is 122 cm³/mol. The molecule has 3 N–H and O–H groups in total. The number of nitrogens with zero attached hydrogens (tertiary/aromatic N) is 1. The standard InChI is InChI=1S/C24H24N2O4.ClH/c25-22(15-18-11-13-21(27)14-12-18)24(29)26(20-9-5-2-6-10-20)16-23(28)30-17-19-7-3-1-4-8-19;/h1-14,22,27H,15-17,25H2;1H/t22-;/m1./s1. The normalized spacial score (nSPS) is 11.1. The summed E-state index contributed by atoms with van der Waals surface area (Å²) in [5.41, 5.74) is 8.41. The Morgan fingerprint density at radius 1 is 0.871 bits per heavy atom. The number of aromatic hydroxyl groups is 1. The molecule has 0 heterocycles. The Bertz CT molecular complexity index is 966. The molecule has 0 aliphatic rings. The van der Waals surface area contributed by atoms with Gasteiger partial charge in [0.25, 0.3) is 0 Å². The van der Waals surface area contributed by atoms with Gasteiger partial charge in [0.1, 0.15) is 18.9 Å². The van der Waals surface area contributed by atoms with Gasteiger partial charge in [0.15, 0.2) is 0 Å². The van der Waals surface area contributed by atoms with Gasteiger partial charge in [0.2, 0.25) is 5.91 Å². The zero-order chi connectivity index (χ0) is 21.3. The molecule has 31 heavy (non-hydrogen) atoms. The van der Waals surface area contributed by atoms with Crippen molar-refractivity contribution in [3.8, 4) is 5.75 Å². The highest BCUT2D eigenvalue weighted by molar-refractivity contribution is 6.00. The second-order valence-electron chi connectivity index (χ2n) is 6.88. The summed E-state index contributed by atoms with van der Waals surface area (Å²) < 4.78 is 5.34. The topological polar surface area (TPSA) is 92.9 Å². The second kappa shape index (κ2) is 11.7. The highest BCUT2D eigenvalue weighted by Gasteiger charge is 2.25. The molecule has 7 heteroatoms. The second-order valence-corrected chi connectivity index (χ2v) is 6.88. The number of nitrogens with two attached hydrogens (primary N) is 1. The van der Waals surface area contributed by atoms with Gasteiger partial charge in [-0.2, -0.15) is 0 Å². The molecule has 0 radical (unpaired) electrons. The van der Waals surface area contributed by atoms with Crippen LogP contribution >= 0.6 is 12.4 Å². The van der Waals surface area contributed by atoms with E-state index in [-0.39, 0.29) is 43.6 Å². The molecule has 0 aromatic heterocycles. The quantitative estimate of drug-likeness (QED) is 0.523. The highest BCUT2D eigenvalue weighted by atomic mass is 35.5. The Labute approximate surface area is 187 Å². The van der Waals surface area contributed by atoms with E-state index in [1.807, 2.05) is 36.4 Å². The Balaban J connectivity index is 0.00000341. The van der Waals surface area contributed by atoms with Crippen LogP contribution in [0, 0.1) is 0 Å². The van der Waals surface area contributed by atoms with Gasteiger partial charge in [0.05, 0.1) is 6.04 Å². The minimum absolute atomic E-state index is 0. The van der Waals surface area contributed by atoms with Crippen molar-refractivity contribution < 1.29 is 19.4 Å². The number of esters is 1. The number of phenolic OH excluding ortho intramolecular Hbond substituents is 1. The molecular weight excluding hydrogens is 416 g/mol. The molecule has 0 saturated carbocycles. The average Bonchev–Trinajstić information content (AvgIpc) is 2.78. The molecule has 0 fully saturated rings. The van der Waals surface area contributed by atoms with Crippen molar-refractivity contribution in [2.45, 2.75) is 19.1 Å². The van der Waals surface area contributed by atoms with E-state index in [2.05, 4.69) is 0 Å². The molecule has 1 atom stereocenters. The first-order valence-electron chi connectivity index (χ1n) is 9.62. The van der Waals surface area contributed by atoms with E-state index in [1.54, 1.807) is 48.5 Å². The lowest BCUT2D eigenvalue weighted by Gasteiger charge is -2.25. The van der Waals surface area contributed by atoms with Crippen LogP contribution in [-0.2, 0) is 27.4 Å². The summed E-state index contributed by atoms with van der Waals surface area (Å²) in [7, 11) is 0. The van der Waals surface area contributed by atoms with Crippen LogP contribution in [0.25, 0.3) is 0 Å². The van der Waals surface area contributed by atoms with Crippen molar-refractivity contribution in [2.24, 2.45) is 5.73 Å². The van der Waals surface area contributed by atoms with Crippen LogP contribution in [0.2, 0.25) is 0 Å². The molecule has 0 aliphatic heterocycles. The molecule has 3 aromatic carbocycles. The molecule has 0 bridgehead atoms. The van der Waals surface area contributed by atoms with Gasteiger partial charge >= 0.3 is 5.97 Å². The number of carbonyl (C=O) groups excluding carboxylic acids is 2. The third-order valence-corrected chi connectivity index (χ3v) is 4.57. The van der Waals surface area contributed by atoms with E-state index in [0.29, 0.717) is 5.69 Å². The number of amides is 1. The van der Waals surface area contributed by atoms with Crippen molar-refractivity contribution in [3.63, 3.8) is 0 Å². The average molecular weight is 441 g/mol. The third-order valence-electron chi connectivity index (χ3n) is 4.57. The molecule has 162 valence electrons. The first kappa shape index (κ1) is 23.9. The van der Waals surface area contributed by atoms with Crippen LogP contribution in [0.3, 0.4) is 0 Å². The molecule has 0 unspecified atom stereocenters. The van der Waals surface area contributed by atoms with Crippen LogP contribution in [0.4, 0.5) is 5.69 Å². The van der Waals surface area contributed by atoms with Gasteiger partial charge in [-0.15, -0.1) is 12.4 Å². The lowest BCUT2D eigenvalue weighted by molar-refractivity contribution is -0.144. The van der Waals surface area contributed by atoms with E-state index in [4.69, 9.17) is 10.5 Å². The van der Waals surface area contributed by atoms with Crippen LogP contribution < -0.4 is 10.6 Å². The molecule has 3 aromatic rings. The molecular formula is C24H25ClN2O4. The van der Waals surface area contributed by atoms with E-state index >= 15 is 0 Å². The Kier molecular flexibility index (Phi) is 9.06. The molecule has 6 nitrogen and oxygen atoms in total. The van der Waals surface area contributed by atoms with Crippen LogP contribution in [0.5, 0.6) is 5.75 Å². The van der Waals surface area contributed by atoms with Crippen molar-refractivity contribution in [3.05, 3.63) is 96.1 Å². The number of hydrogen-bond donors (Lipinski definition) is 2. The first-order valence-corrected chi connectivity index (χ1v) is 9.62. The first-order chi connectivity index (χ1) is 14.5. The molecule has 0 aliphatic carbocycles. The molecule has 1 amide bonds. The minimum Gasteiger partial charge on any atom is -0.508 e. The maximum atomic E-state index is 13.1. The van der Waals surface area contributed by atoms with Crippen molar-refractivity contribution in [1.82, 2.24) is 0 Å². The van der Waals surface area contributed by atoms with Crippen molar-refractivity contribution in [2.75, 3.05) is 11.4 Å². The molecule has 3 rings (SSSR count). The fourth-order valence-corrected chi connectivity index (χ4v) is 2.99. The lowest BCUT2D eigenvalue weighted by atomic mass is 10.0.